The van der Waals surface area contributed by atoms with Crippen molar-refractivity contribution in [3.8, 4) is 0 Å². The number of hydrogen-bond acceptors (Lipinski definition) is 2. The van der Waals surface area contributed by atoms with E-state index in [0.29, 0.717) is 12.6 Å². The number of carbonyl (C=O) groups is 1. The number of benzene rings is 1. The maximum atomic E-state index is 10.9. The summed E-state index contributed by atoms with van der Waals surface area (Å²) in [5, 5.41) is 8.94. The Morgan fingerprint density at radius 2 is 2.14 bits per heavy atom. The van der Waals surface area contributed by atoms with Gasteiger partial charge >= 0.3 is 0 Å². The van der Waals surface area contributed by atoms with Gasteiger partial charge in [-0.2, -0.15) is 11.6 Å². The molecule has 0 bridgehead atoms. The Morgan fingerprint density at radius 1 is 1.50 bits per heavy atom. The van der Waals surface area contributed by atoms with Crippen LogP contribution in [-0.2, 0) is 32.4 Å². The fourth-order valence-corrected chi connectivity index (χ4v) is 1.99. The molecule has 2 rings (SSSR count). The Kier molecular flexibility index (Phi) is 3.71. The SMILES string of the molecule is O=C(O)[C-]1c2ccccc2CN1P.[W]. The summed E-state index contributed by atoms with van der Waals surface area (Å²) >= 11 is 0. The number of aliphatic carboxylic acids is 1. The van der Waals surface area contributed by atoms with Crippen LogP contribution in [0.2, 0.25) is 0 Å². The first-order valence-electron chi connectivity index (χ1n) is 3.91. The number of rotatable bonds is 1. The van der Waals surface area contributed by atoms with E-state index in [1.807, 2.05) is 24.3 Å². The van der Waals surface area contributed by atoms with Crippen LogP contribution >= 0.6 is 9.39 Å². The van der Waals surface area contributed by atoms with Gasteiger partial charge in [0.25, 0.3) is 5.97 Å². The fourth-order valence-electron chi connectivity index (χ4n) is 1.54. The summed E-state index contributed by atoms with van der Waals surface area (Å²) in [6, 6.07) is 7.92. The molecule has 0 amide bonds. The number of carboxylic acid groups (broad SMARTS) is 1. The van der Waals surface area contributed by atoms with E-state index < -0.39 is 5.97 Å². The molecule has 74 valence electrons. The van der Waals surface area contributed by atoms with Gasteiger partial charge in [0.15, 0.2) is 0 Å². The molecule has 1 aromatic carbocycles. The molecule has 1 N–H and O–H groups in total. The predicted molar refractivity (Wildman–Crippen MR) is 51.7 cm³/mol. The van der Waals surface area contributed by atoms with E-state index in [1.165, 1.54) is 0 Å². The van der Waals surface area contributed by atoms with Crippen LogP contribution in [0, 0.1) is 6.04 Å². The number of carboxylic acids is 1. The molecule has 0 aromatic heterocycles. The van der Waals surface area contributed by atoms with Crippen molar-refractivity contribution in [2.24, 2.45) is 0 Å². The van der Waals surface area contributed by atoms with E-state index in [2.05, 4.69) is 9.39 Å². The van der Waals surface area contributed by atoms with Crippen molar-refractivity contribution in [3.05, 3.63) is 41.4 Å². The van der Waals surface area contributed by atoms with E-state index in [4.69, 9.17) is 5.11 Å². The number of fused-ring (bicyclic) bond motifs is 1. The van der Waals surface area contributed by atoms with E-state index >= 15 is 0 Å². The van der Waals surface area contributed by atoms with Crippen molar-refractivity contribution in [2.75, 3.05) is 0 Å². The van der Waals surface area contributed by atoms with E-state index in [9.17, 15) is 4.79 Å². The molecule has 0 aliphatic carbocycles. The molecular weight excluding hydrogens is 369 g/mol. The van der Waals surface area contributed by atoms with E-state index in [0.717, 1.165) is 11.1 Å². The van der Waals surface area contributed by atoms with Crippen molar-refractivity contribution >= 4 is 15.4 Å². The van der Waals surface area contributed by atoms with Gasteiger partial charge in [0, 0.05) is 27.1 Å². The Labute approximate surface area is 99.0 Å². The van der Waals surface area contributed by atoms with Gasteiger partial charge in [-0.3, -0.25) is 4.79 Å². The minimum absolute atomic E-state index is 0. The summed E-state index contributed by atoms with van der Waals surface area (Å²) in [6.45, 7) is 0.655. The molecule has 0 saturated carbocycles. The Hall–Kier alpha value is -0.362. The zero-order chi connectivity index (χ0) is 9.42. The largest absolute Gasteiger partial charge is 0.486 e. The number of nitrogens with zero attached hydrogens (tertiary/aromatic N) is 1. The molecule has 5 heteroatoms. The molecule has 1 unspecified atom stereocenters. The molecule has 0 radical (unpaired) electrons. The minimum Gasteiger partial charge on any atom is -0.486 e. The molecule has 3 nitrogen and oxygen atoms in total. The third-order valence-electron chi connectivity index (χ3n) is 2.10. The molecule has 1 aromatic rings. The maximum Gasteiger partial charge on any atom is 0.290 e. The third kappa shape index (κ3) is 1.86. The Bertz CT molecular complexity index is 358. The molecular formula is C9H9NO2PW-. The van der Waals surface area contributed by atoms with Crippen LogP contribution in [0.5, 0.6) is 0 Å². The molecule has 0 spiro atoms. The summed E-state index contributed by atoms with van der Waals surface area (Å²) in [4.78, 5) is 10.9. The second-order valence-electron chi connectivity index (χ2n) is 2.94. The van der Waals surface area contributed by atoms with Crippen molar-refractivity contribution < 1.29 is 31.0 Å². The topological polar surface area (TPSA) is 40.5 Å². The zero-order valence-corrected chi connectivity index (χ0v) is 11.4. The van der Waals surface area contributed by atoms with Gasteiger partial charge < -0.3 is 9.78 Å². The summed E-state index contributed by atoms with van der Waals surface area (Å²) in [7, 11) is 2.42. The summed E-state index contributed by atoms with van der Waals surface area (Å²) in [6.07, 6.45) is 0. The molecule has 0 saturated heterocycles. The van der Waals surface area contributed by atoms with Crippen molar-refractivity contribution in [1.82, 2.24) is 4.67 Å². The predicted octanol–water partition coefficient (Wildman–Crippen LogP) is 1.25. The van der Waals surface area contributed by atoms with Crippen LogP contribution in [0.3, 0.4) is 0 Å². The summed E-state index contributed by atoms with van der Waals surface area (Å²) in [5.74, 6) is -0.875. The van der Waals surface area contributed by atoms with Crippen LogP contribution in [-0.4, -0.2) is 15.7 Å². The monoisotopic (exact) mass is 378 g/mol. The smallest absolute Gasteiger partial charge is 0.290 e. The standard InChI is InChI=1S/C9H9NO2P.W/c11-9(12)8-7-4-2-1-3-6(7)5-10(8)13;/h1-4H,5,13H2,(H,11,12);/q-1;. The molecule has 1 aliphatic rings. The van der Waals surface area contributed by atoms with E-state index in [-0.39, 0.29) is 21.1 Å². The average Bonchev–Trinajstić information content (AvgIpc) is 2.39. The average molecular weight is 378 g/mol. The van der Waals surface area contributed by atoms with Crippen molar-refractivity contribution in [2.45, 2.75) is 6.54 Å². The second kappa shape index (κ2) is 4.44. The first-order valence-corrected chi connectivity index (χ1v) is 4.42. The van der Waals surface area contributed by atoms with Gasteiger partial charge in [0.2, 0.25) is 0 Å². The number of hydrogen-bond donors (Lipinski definition) is 1. The van der Waals surface area contributed by atoms with Crippen LogP contribution in [0.1, 0.15) is 11.1 Å². The maximum absolute atomic E-state index is 10.9. The summed E-state index contributed by atoms with van der Waals surface area (Å²) < 4.78 is 1.67. The van der Waals surface area contributed by atoms with Gasteiger partial charge in [-0.15, -0.1) is 17.7 Å². The normalized spacial score (nSPS) is 14.8. The van der Waals surface area contributed by atoms with Gasteiger partial charge in [-0.1, -0.05) is 15.5 Å². The van der Waals surface area contributed by atoms with Crippen LogP contribution in [0.15, 0.2) is 24.3 Å². The van der Waals surface area contributed by atoms with Gasteiger partial charge in [-0.25, -0.2) is 0 Å². The molecule has 1 aliphatic heterocycles. The first-order chi connectivity index (χ1) is 6.20. The van der Waals surface area contributed by atoms with Gasteiger partial charge in [-0.05, 0) is 6.54 Å². The van der Waals surface area contributed by atoms with Gasteiger partial charge in [0.05, 0.1) is 0 Å². The third-order valence-corrected chi connectivity index (χ3v) is 2.54. The minimum atomic E-state index is -0.875. The van der Waals surface area contributed by atoms with Crippen molar-refractivity contribution in [3.63, 3.8) is 0 Å². The molecule has 14 heavy (non-hydrogen) atoms. The molecule has 0 fully saturated rings. The quantitative estimate of drug-likeness (QED) is 0.591. The Morgan fingerprint density at radius 3 is 2.79 bits per heavy atom. The zero-order valence-electron chi connectivity index (χ0n) is 7.30. The van der Waals surface area contributed by atoms with Gasteiger partial charge in [0.1, 0.15) is 0 Å². The molecule has 1 atom stereocenters. The van der Waals surface area contributed by atoms with Crippen molar-refractivity contribution in [1.29, 1.82) is 0 Å². The fraction of sp³-hybridized carbons (Fsp3) is 0.111. The second-order valence-corrected chi connectivity index (χ2v) is 3.56. The van der Waals surface area contributed by atoms with Crippen LogP contribution in [0.25, 0.3) is 0 Å². The Balaban J connectivity index is 0.000000980. The van der Waals surface area contributed by atoms with Crippen LogP contribution in [0.4, 0.5) is 0 Å². The van der Waals surface area contributed by atoms with Crippen LogP contribution < -0.4 is 0 Å². The summed E-state index contributed by atoms with van der Waals surface area (Å²) in [5.41, 5.74) is 1.89. The molecule has 1 heterocycles. The van der Waals surface area contributed by atoms with E-state index in [1.54, 1.807) is 4.67 Å². The first kappa shape index (κ1) is 11.7.